The van der Waals surface area contributed by atoms with E-state index in [-0.39, 0.29) is 6.10 Å². The zero-order valence-corrected chi connectivity index (χ0v) is 25.3. The maximum absolute atomic E-state index is 6.43. The van der Waals surface area contributed by atoms with E-state index >= 15 is 0 Å². The number of ether oxygens (including phenoxy) is 1. The molecule has 0 bridgehead atoms. The van der Waals surface area contributed by atoms with Crippen molar-refractivity contribution in [3.63, 3.8) is 0 Å². The first-order valence-corrected chi connectivity index (χ1v) is 15.5. The Bertz CT molecular complexity index is 1060. The third kappa shape index (κ3) is 5.91. The summed E-state index contributed by atoms with van der Waals surface area (Å²) in [4.78, 5) is 0. The molecule has 0 heterocycles. The summed E-state index contributed by atoms with van der Waals surface area (Å²) in [6, 6.07) is 5.63. The van der Waals surface area contributed by atoms with Crippen LogP contribution in [0.25, 0.3) is 0 Å². The van der Waals surface area contributed by atoms with Gasteiger partial charge in [-0.3, -0.25) is 0 Å². The van der Waals surface area contributed by atoms with Crippen molar-refractivity contribution >= 4 is 11.4 Å². The van der Waals surface area contributed by atoms with Gasteiger partial charge < -0.3 is 21.9 Å². The standard InChI is InChI=1S/C33H50N2O.C2H5N/c1-21(2)7-6-8-22(3)27-12-13-28-26-11-9-23-19-25(36-31-14-10-24(34)20-30(31)35)15-17-32(23,4)29(26)16-18-33(27,28)5;1-2-3/h7,9-11,14,20,22-23,25-29H,6,8,12-13,15-19,34-35H2,1-5H3;2H,1,3H2. The fourth-order valence-corrected chi connectivity index (χ4v) is 9.35. The minimum absolute atomic E-state index is 0.238. The quantitative estimate of drug-likeness (QED) is 0.253. The molecule has 0 aromatic heterocycles. The van der Waals surface area contributed by atoms with Gasteiger partial charge in [-0.1, -0.05) is 51.2 Å². The Morgan fingerprint density at radius 3 is 2.44 bits per heavy atom. The third-order valence-electron chi connectivity index (χ3n) is 11.4. The van der Waals surface area contributed by atoms with Gasteiger partial charge in [-0.05, 0) is 142 Å². The van der Waals surface area contributed by atoms with E-state index in [0.717, 1.165) is 48.2 Å². The molecule has 216 valence electrons. The van der Waals surface area contributed by atoms with Crippen molar-refractivity contribution in [3.8, 4) is 5.75 Å². The van der Waals surface area contributed by atoms with Crippen molar-refractivity contribution in [3.05, 3.63) is 54.8 Å². The molecule has 0 aliphatic heterocycles. The molecule has 1 aromatic rings. The maximum Gasteiger partial charge on any atom is 0.142 e. The molecule has 1 aromatic carbocycles. The number of fused-ring (bicyclic) bond motifs is 5. The van der Waals surface area contributed by atoms with Crippen LogP contribution in [-0.2, 0) is 0 Å². The monoisotopic (exact) mass is 533 g/mol. The molecule has 4 aliphatic carbocycles. The van der Waals surface area contributed by atoms with Crippen LogP contribution in [0, 0.1) is 46.3 Å². The second kappa shape index (κ2) is 12.0. The number of anilines is 2. The summed E-state index contributed by atoms with van der Waals surface area (Å²) >= 11 is 0. The van der Waals surface area contributed by atoms with E-state index in [2.05, 4.69) is 65.2 Å². The van der Waals surface area contributed by atoms with Crippen LogP contribution >= 0.6 is 0 Å². The minimum atomic E-state index is 0.238. The number of nitrogens with two attached hydrogens (primary N) is 3. The Labute approximate surface area is 238 Å². The molecule has 4 aliphatic rings. The second-order valence-corrected chi connectivity index (χ2v) is 13.9. The van der Waals surface area contributed by atoms with Gasteiger partial charge >= 0.3 is 0 Å². The molecule has 9 unspecified atom stereocenters. The Morgan fingerprint density at radius 2 is 1.74 bits per heavy atom. The fraction of sp³-hybridized carbons (Fsp3) is 0.657. The number of hydrogen-bond acceptors (Lipinski definition) is 4. The van der Waals surface area contributed by atoms with Gasteiger partial charge in [0.25, 0.3) is 0 Å². The average molecular weight is 534 g/mol. The Kier molecular flexibility index (Phi) is 9.13. The SMILES string of the molecule is C=CN.CC(C)=CCCC(C)C1CCC2C3C=CC4CC(Oc5ccc(N)cc5N)CCC4(C)C3CCC12C. The summed E-state index contributed by atoms with van der Waals surface area (Å²) in [6.45, 7) is 15.4. The van der Waals surface area contributed by atoms with Gasteiger partial charge in [-0.25, -0.2) is 0 Å². The molecule has 0 spiro atoms. The highest BCUT2D eigenvalue weighted by Crippen LogP contribution is 2.67. The molecule has 5 rings (SSSR count). The number of nitrogen functional groups attached to an aromatic ring is 2. The van der Waals surface area contributed by atoms with Crippen LogP contribution in [0.15, 0.2) is 54.8 Å². The first-order valence-electron chi connectivity index (χ1n) is 15.5. The topological polar surface area (TPSA) is 87.3 Å². The molecule has 0 amide bonds. The Hall–Kier alpha value is -2.36. The van der Waals surface area contributed by atoms with Crippen molar-refractivity contribution in [1.82, 2.24) is 0 Å². The lowest BCUT2D eigenvalue weighted by atomic mass is 9.46. The van der Waals surface area contributed by atoms with Crippen molar-refractivity contribution < 1.29 is 4.74 Å². The average Bonchev–Trinajstić information content (AvgIpc) is 3.23. The van der Waals surface area contributed by atoms with E-state index in [1.807, 2.05) is 18.2 Å². The van der Waals surface area contributed by atoms with Gasteiger partial charge in [0.15, 0.2) is 0 Å². The summed E-state index contributed by atoms with van der Waals surface area (Å²) in [6.07, 6.45) is 21.0. The normalized spacial score (nSPS) is 37.3. The van der Waals surface area contributed by atoms with Crippen LogP contribution in [0.3, 0.4) is 0 Å². The highest BCUT2D eigenvalue weighted by atomic mass is 16.5. The van der Waals surface area contributed by atoms with E-state index in [9.17, 15) is 0 Å². The van der Waals surface area contributed by atoms with Gasteiger partial charge in [0, 0.05) is 5.69 Å². The summed E-state index contributed by atoms with van der Waals surface area (Å²) < 4.78 is 6.43. The van der Waals surface area contributed by atoms with Crippen LogP contribution in [0.2, 0.25) is 0 Å². The van der Waals surface area contributed by atoms with E-state index < -0.39 is 0 Å². The lowest BCUT2D eigenvalue weighted by Gasteiger charge is -2.59. The van der Waals surface area contributed by atoms with E-state index in [4.69, 9.17) is 16.2 Å². The minimum Gasteiger partial charge on any atom is -0.488 e. The van der Waals surface area contributed by atoms with Crippen LogP contribution in [0.5, 0.6) is 5.75 Å². The van der Waals surface area contributed by atoms with Crippen LogP contribution in [0.4, 0.5) is 11.4 Å². The smallest absolute Gasteiger partial charge is 0.142 e. The van der Waals surface area contributed by atoms with E-state index in [0.29, 0.717) is 28.1 Å². The van der Waals surface area contributed by atoms with Crippen molar-refractivity contribution in [2.75, 3.05) is 11.5 Å². The summed E-state index contributed by atoms with van der Waals surface area (Å²) in [5.74, 6) is 5.58. The highest BCUT2D eigenvalue weighted by Gasteiger charge is 2.59. The molecule has 0 saturated heterocycles. The molecular formula is C35H55N3O. The van der Waals surface area contributed by atoms with Gasteiger partial charge in [-0.2, -0.15) is 0 Å². The molecule has 3 saturated carbocycles. The second-order valence-electron chi connectivity index (χ2n) is 13.9. The van der Waals surface area contributed by atoms with E-state index in [1.54, 1.807) is 0 Å². The predicted molar refractivity (Wildman–Crippen MR) is 167 cm³/mol. The third-order valence-corrected chi connectivity index (χ3v) is 11.4. The fourth-order valence-electron chi connectivity index (χ4n) is 9.35. The summed E-state index contributed by atoms with van der Waals surface area (Å²) in [7, 11) is 0. The molecule has 9 atom stereocenters. The lowest BCUT2D eigenvalue weighted by molar-refractivity contribution is -0.0781. The maximum atomic E-state index is 6.43. The van der Waals surface area contributed by atoms with Crippen molar-refractivity contribution in [1.29, 1.82) is 0 Å². The van der Waals surface area contributed by atoms with E-state index in [1.165, 1.54) is 56.7 Å². The molecule has 39 heavy (non-hydrogen) atoms. The van der Waals surface area contributed by atoms with Gasteiger partial charge in [0.05, 0.1) is 11.8 Å². The van der Waals surface area contributed by atoms with Crippen molar-refractivity contribution in [2.45, 2.75) is 98.5 Å². The first kappa shape index (κ1) is 29.6. The highest BCUT2D eigenvalue weighted by molar-refractivity contribution is 5.60. The molecule has 3 fully saturated rings. The summed E-state index contributed by atoms with van der Waals surface area (Å²) in [5.41, 5.74) is 20.4. The number of rotatable bonds is 6. The molecule has 4 heteroatoms. The summed E-state index contributed by atoms with van der Waals surface area (Å²) in [5, 5.41) is 0. The largest absolute Gasteiger partial charge is 0.488 e. The predicted octanol–water partition coefficient (Wildman–Crippen LogP) is 8.50. The molecule has 6 N–H and O–H groups in total. The molecule has 0 radical (unpaired) electrons. The number of hydrogen-bond donors (Lipinski definition) is 3. The molecule has 4 nitrogen and oxygen atoms in total. The Morgan fingerprint density at radius 1 is 1.05 bits per heavy atom. The van der Waals surface area contributed by atoms with Crippen LogP contribution in [0.1, 0.15) is 92.4 Å². The van der Waals surface area contributed by atoms with Crippen LogP contribution in [-0.4, -0.2) is 6.10 Å². The van der Waals surface area contributed by atoms with Gasteiger partial charge in [0.1, 0.15) is 5.75 Å². The first-order chi connectivity index (χ1) is 18.5. The zero-order valence-electron chi connectivity index (χ0n) is 25.3. The number of allylic oxidation sites excluding steroid dienone is 4. The van der Waals surface area contributed by atoms with Crippen molar-refractivity contribution in [2.24, 2.45) is 52.1 Å². The van der Waals surface area contributed by atoms with Gasteiger partial charge in [0.2, 0.25) is 0 Å². The number of benzene rings is 1. The molecular weight excluding hydrogens is 478 g/mol. The van der Waals surface area contributed by atoms with Gasteiger partial charge in [-0.15, -0.1) is 0 Å². The van der Waals surface area contributed by atoms with Crippen LogP contribution < -0.4 is 21.9 Å². The lowest BCUT2D eigenvalue weighted by Crippen LogP contribution is -2.52. The zero-order chi connectivity index (χ0) is 28.4. The Balaban J connectivity index is 0.00000112.